The molecule has 0 aliphatic heterocycles. The Morgan fingerprint density at radius 1 is 1.00 bits per heavy atom. The van der Waals surface area contributed by atoms with Gasteiger partial charge in [0.15, 0.2) is 5.78 Å². The van der Waals surface area contributed by atoms with Gasteiger partial charge in [0, 0.05) is 11.6 Å². The van der Waals surface area contributed by atoms with Crippen LogP contribution in [0.1, 0.15) is 31.1 Å². The van der Waals surface area contributed by atoms with E-state index in [-0.39, 0.29) is 18.9 Å². The molecule has 2 aromatic rings. The molecule has 2 rings (SSSR count). The molecule has 0 radical (unpaired) electrons. The quantitative estimate of drug-likeness (QED) is 0.364. The molecule has 0 spiro atoms. The first-order chi connectivity index (χ1) is 12.8. The number of allylic oxidation sites excluding steroid dienone is 1. The molecule has 0 aliphatic carbocycles. The van der Waals surface area contributed by atoms with Gasteiger partial charge in [-0.2, -0.15) is 0 Å². The van der Waals surface area contributed by atoms with Gasteiger partial charge in [-0.25, -0.2) is 9.59 Å². The molecule has 6 nitrogen and oxygen atoms in total. The SMILES string of the molecule is CC(C)(C)OC(=O)NCCOC(=O)/C=C/C(=O)c1cccc2ccccc12. The minimum Gasteiger partial charge on any atom is -0.461 e. The fourth-order valence-corrected chi connectivity index (χ4v) is 2.34. The number of esters is 1. The zero-order chi connectivity index (χ0) is 19.9. The second-order valence-corrected chi connectivity index (χ2v) is 6.82. The van der Waals surface area contributed by atoms with Crippen molar-refractivity contribution in [3.63, 3.8) is 0 Å². The fourth-order valence-electron chi connectivity index (χ4n) is 2.34. The maximum atomic E-state index is 12.3. The van der Waals surface area contributed by atoms with Crippen LogP contribution in [0.5, 0.6) is 0 Å². The Labute approximate surface area is 158 Å². The first-order valence-electron chi connectivity index (χ1n) is 8.60. The normalized spacial score (nSPS) is 11.4. The number of ether oxygens (including phenoxy) is 2. The Hall–Kier alpha value is -3.15. The van der Waals surface area contributed by atoms with Gasteiger partial charge in [0.25, 0.3) is 0 Å². The minimum atomic E-state index is -0.658. The van der Waals surface area contributed by atoms with E-state index in [1.807, 2.05) is 30.3 Å². The topological polar surface area (TPSA) is 81.7 Å². The van der Waals surface area contributed by atoms with Crippen LogP contribution in [0.4, 0.5) is 4.79 Å². The van der Waals surface area contributed by atoms with Gasteiger partial charge in [0.1, 0.15) is 12.2 Å². The highest BCUT2D eigenvalue weighted by atomic mass is 16.6. The van der Waals surface area contributed by atoms with Crippen LogP contribution in [0, 0.1) is 0 Å². The van der Waals surface area contributed by atoms with Crippen molar-refractivity contribution in [3.05, 3.63) is 60.2 Å². The third-order valence-electron chi connectivity index (χ3n) is 3.44. The molecule has 27 heavy (non-hydrogen) atoms. The van der Waals surface area contributed by atoms with E-state index < -0.39 is 17.7 Å². The number of carbonyl (C=O) groups excluding carboxylic acids is 3. The third kappa shape index (κ3) is 6.58. The molecule has 0 saturated heterocycles. The van der Waals surface area contributed by atoms with Crippen LogP contribution in [0.2, 0.25) is 0 Å². The first-order valence-corrected chi connectivity index (χ1v) is 8.60. The molecule has 142 valence electrons. The van der Waals surface area contributed by atoms with Crippen LogP contribution in [0.15, 0.2) is 54.6 Å². The molecular formula is C21H23NO5. The van der Waals surface area contributed by atoms with Crippen molar-refractivity contribution >= 4 is 28.6 Å². The number of nitrogens with one attached hydrogen (secondary N) is 1. The molecule has 0 fully saturated rings. The van der Waals surface area contributed by atoms with E-state index in [0.717, 1.165) is 16.8 Å². The lowest BCUT2D eigenvalue weighted by atomic mass is 10.0. The van der Waals surface area contributed by atoms with Gasteiger partial charge in [-0.3, -0.25) is 4.79 Å². The average Bonchev–Trinajstić information content (AvgIpc) is 2.61. The Kier molecular flexibility index (Phi) is 6.71. The number of benzene rings is 2. The van der Waals surface area contributed by atoms with Gasteiger partial charge in [-0.1, -0.05) is 42.5 Å². The summed E-state index contributed by atoms with van der Waals surface area (Å²) < 4.78 is 10.0. The van der Waals surface area contributed by atoms with Crippen LogP contribution in [-0.2, 0) is 14.3 Å². The van der Waals surface area contributed by atoms with Gasteiger partial charge in [0.2, 0.25) is 0 Å². The van der Waals surface area contributed by atoms with E-state index in [4.69, 9.17) is 9.47 Å². The second-order valence-electron chi connectivity index (χ2n) is 6.82. The number of rotatable bonds is 6. The Bertz CT molecular complexity index is 859. The molecule has 1 N–H and O–H groups in total. The predicted octanol–water partition coefficient (Wildman–Crippen LogP) is 3.65. The van der Waals surface area contributed by atoms with Crippen molar-refractivity contribution in [2.75, 3.05) is 13.2 Å². The van der Waals surface area contributed by atoms with Crippen LogP contribution in [-0.4, -0.2) is 36.6 Å². The van der Waals surface area contributed by atoms with Gasteiger partial charge < -0.3 is 14.8 Å². The lowest BCUT2D eigenvalue weighted by molar-refractivity contribution is -0.137. The number of hydrogen-bond donors (Lipinski definition) is 1. The molecular weight excluding hydrogens is 346 g/mol. The van der Waals surface area contributed by atoms with Crippen LogP contribution < -0.4 is 5.32 Å². The summed E-state index contributed by atoms with van der Waals surface area (Å²) in [6, 6.07) is 13.0. The summed E-state index contributed by atoms with van der Waals surface area (Å²) in [7, 11) is 0. The summed E-state index contributed by atoms with van der Waals surface area (Å²) in [4.78, 5) is 35.5. The Morgan fingerprint density at radius 2 is 1.70 bits per heavy atom. The van der Waals surface area contributed by atoms with E-state index in [2.05, 4.69) is 5.32 Å². The monoisotopic (exact) mass is 369 g/mol. The number of alkyl carbamates (subject to hydrolysis) is 1. The smallest absolute Gasteiger partial charge is 0.407 e. The molecule has 0 aliphatic rings. The lowest BCUT2D eigenvalue weighted by Gasteiger charge is -2.19. The number of ketones is 1. The van der Waals surface area contributed by atoms with E-state index >= 15 is 0 Å². The van der Waals surface area contributed by atoms with Gasteiger partial charge in [-0.05, 0) is 37.6 Å². The molecule has 0 bridgehead atoms. The molecule has 6 heteroatoms. The average molecular weight is 369 g/mol. The van der Waals surface area contributed by atoms with E-state index in [9.17, 15) is 14.4 Å². The number of carbonyl (C=O) groups is 3. The van der Waals surface area contributed by atoms with Crippen LogP contribution >= 0.6 is 0 Å². The summed E-state index contributed by atoms with van der Waals surface area (Å²) in [5.41, 5.74) is -0.0744. The highest BCUT2D eigenvalue weighted by Crippen LogP contribution is 2.19. The zero-order valence-corrected chi connectivity index (χ0v) is 15.7. The Morgan fingerprint density at radius 3 is 2.44 bits per heavy atom. The molecule has 2 aromatic carbocycles. The molecule has 0 unspecified atom stereocenters. The van der Waals surface area contributed by atoms with E-state index in [0.29, 0.717) is 5.56 Å². The van der Waals surface area contributed by atoms with Crippen molar-refractivity contribution < 1.29 is 23.9 Å². The Balaban J connectivity index is 1.82. The third-order valence-corrected chi connectivity index (χ3v) is 3.44. The standard InChI is InChI=1S/C21H23NO5/c1-21(2,3)27-20(25)22-13-14-26-19(24)12-11-18(23)17-10-6-8-15-7-4-5-9-16(15)17/h4-12H,13-14H2,1-3H3,(H,22,25)/b12-11+. The molecule has 0 heterocycles. The van der Waals surface area contributed by atoms with Crippen molar-refractivity contribution in [3.8, 4) is 0 Å². The minimum absolute atomic E-state index is 0.0229. The maximum absolute atomic E-state index is 12.3. The first kappa shape index (κ1) is 20.2. The van der Waals surface area contributed by atoms with Crippen LogP contribution in [0.3, 0.4) is 0 Å². The van der Waals surface area contributed by atoms with E-state index in [1.165, 1.54) is 6.08 Å². The molecule has 1 amide bonds. The van der Waals surface area contributed by atoms with Gasteiger partial charge in [-0.15, -0.1) is 0 Å². The predicted molar refractivity (Wildman–Crippen MR) is 103 cm³/mol. The largest absolute Gasteiger partial charge is 0.461 e. The summed E-state index contributed by atoms with van der Waals surface area (Å²) in [5, 5.41) is 4.25. The van der Waals surface area contributed by atoms with E-state index in [1.54, 1.807) is 32.9 Å². The summed E-state index contributed by atoms with van der Waals surface area (Å²) in [6.45, 7) is 5.36. The number of hydrogen-bond acceptors (Lipinski definition) is 5. The molecule has 0 aromatic heterocycles. The maximum Gasteiger partial charge on any atom is 0.407 e. The van der Waals surface area contributed by atoms with Crippen molar-refractivity contribution in [2.24, 2.45) is 0 Å². The van der Waals surface area contributed by atoms with Crippen molar-refractivity contribution in [1.29, 1.82) is 0 Å². The molecule has 0 atom stereocenters. The highest BCUT2D eigenvalue weighted by molar-refractivity contribution is 6.14. The zero-order valence-electron chi connectivity index (χ0n) is 15.7. The van der Waals surface area contributed by atoms with Gasteiger partial charge >= 0.3 is 12.1 Å². The summed E-state index contributed by atoms with van der Waals surface area (Å²) in [6.07, 6.45) is 1.68. The van der Waals surface area contributed by atoms with Crippen molar-refractivity contribution in [1.82, 2.24) is 5.32 Å². The van der Waals surface area contributed by atoms with Crippen molar-refractivity contribution in [2.45, 2.75) is 26.4 Å². The fraction of sp³-hybridized carbons (Fsp3) is 0.286. The highest BCUT2D eigenvalue weighted by Gasteiger charge is 2.15. The molecule has 0 saturated carbocycles. The second kappa shape index (κ2) is 8.98. The number of fused-ring (bicyclic) bond motifs is 1. The van der Waals surface area contributed by atoms with Gasteiger partial charge in [0.05, 0.1) is 6.54 Å². The van der Waals surface area contributed by atoms with Crippen LogP contribution in [0.25, 0.3) is 10.8 Å². The summed E-state index contributed by atoms with van der Waals surface area (Å²) in [5.74, 6) is -0.940. The lowest BCUT2D eigenvalue weighted by Crippen LogP contribution is -2.34. The number of amides is 1. The summed E-state index contributed by atoms with van der Waals surface area (Å²) >= 11 is 0.